The largest absolute Gasteiger partial charge is 0.306 e. The molecule has 0 aliphatic carbocycles. The molecule has 0 aliphatic heterocycles. The minimum absolute atomic E-state index is 0.202. The Labute approximate surface area is 113 Å². The minimum Gasteiger partial charge on any atom is -0.306 e. The number of hydrogen-bond acceptors (Lipinski definition) is 3. The Morgan fingerprint density at radius 3 is 2.89 bits per heavy atom. The second-order valence-electron chi connectivity index (χ2n) is 4.59. The van der Waals surface area contributed by atoms with Gasteiger partial charge in [0.1, 0.15) is 0 Å². The third-order valence-electron chi connectivity index (χ3n) is 3.23. The molecule has 1 atom stereocenters. The molecule has 1 aromatic carbocycles. The van der Waals surface area contributed by atoms with Crippen LogP contribution < -0.4 is 5.32 Å². The number of rotatable bonds is 4. The van der Waals surface area contributed by atoms with Crippen molar-refractivity contribution in [3.05, 3.63) is 65.0 Å². The van der Waals surface area contributed by atoms with Crippen LogP contribution in [0.5, 0.6) is 0 Å². The highest BCUT2D eigenvalue weighted by atomic mass is 14.9. The Bertz CT molecular complexity index is 599. The Morgan fingerprint density at radius 1 is 1.32 bits per heavy atom. The summed E-state index contributed by atoms with van der Waals surface area (Å²) in [5, 5.41) is 12.4. The Morgan fingerprint density at radius 2 is 2.16 bits per heavy atom. The van der Waals surface area contributed by atoms with Crippen LogP contribution in [0, 0.1) is 18.3 Å². The molecular weight excluding hydrogens is 234 g/mol. The smallest absolute Gasteiger partial charge is 0.0991 e. The molecule has 3 heteroatoms. The maximum Gasteiger partial charge on any atom is 0.0991 e. The van der Waals surface area contributed by atoms with Gasteiger partial charge in [0.05, 0.1) is 11.6 Å². The minimum atomic E-state index is 0.202. The lowest BCUT2D eigenvalue weighted by atomic mass is 10.1. The monoisotopic (exact) mass is 251 g/mol. The van der Waals surface area contributed by atoms with Crippen molar-refractivity contribution in [2.24, 2.45) is 0 Å². The lowest BCUT2D eigenvalue weighted by molar-refractivity contribution is 0.572. The van der Waals surface area contributed by atoms with E-state index < -0.39 is 0 Å². The van der Waals surface area contributed by atoms with Crippen LogP contribution in [-0.4, -0.2) is 4.98 Å². The number of benzene rings is 1. The summed E-state index contributed by atoms with van der Waals surface area (Å²) < 4.78 is 0. The molecule has 0 radical (unpaired) electrons. The number of hydrogen-bond donors (Lipinski definition) is 1. The van der Waals surface area contributed by atoms with Gasteiger partial charge in [-0.15, -0.1) is 0 Å². The molecule has 0 amide bonds. The highest BCUT2D eigenvalue weighted by Crippen LogP contribution is 2.15. The first-order chi connectivity index (χ1) is 9.20. The molecule has 2 rings (SSSR count). The second-order valence-corrected chi connectivity index (χ2v) is 4.59. The fraction of sp³-hybridized carbons (Fsp3) is 0.250. The molecule has 1 unspecified atom stereocenters. The van der Waals surface area contributed by atoms with E-state index in [1.165, 1.54) is 5.56 Å². The Hall–Kier alpha value is -2.18. The van der Waals surface area contributed by atoms with Crippen LogP contribution in [0.15, 0.2) is 42.6 Å². The SMILES string of the molecule is Cc1ncccc1CNC(C)c1cccc(C#N)c1. The third-order valence-corrected chi connectivity index (χ3v) is 3.23. The van der Waals surface area contributed by atoms with E-state index in [2.05, 4.69) is 29.4 Å². The van der Waals surface area contributed by atoms with Crippen molar-refractivity contribution < 1.29 is 0 Å². The predicted octanol–water partition coefficient (Wildman–Crippen LogP) is 3.11. The molecule has 96 valence electrons. The van der Waals surface area contributed by atoms with E-state index in [-0.39, 0.29) is 6.04 Å². The van der Waals surface area contributed by atoms with Gasteiger partial charge < -0.3 is 5.32 Å². The van der Waals surface area contributed by atoms with Gasteiger partial charge in [-0.1, -0.05) is 18.2 Å². The van der Waals surface area contributed by atoms with E-state index in [0.717, 1.165) is 17.8 Å². The van der Waals surface area contributed by atoms with Crippen molar-refractivity contribution >= 4 is 0 Å². The summed E-state index contributed by atoms with van der Waals surface area (Å²) in [7, 11) is 0. The van der Waals surface area contributed by atoms with Gasteiger partial charge in [-0.05, 0) is 43.2 Å². The van der Waals surface area contributed by atoms with Crippen LogP contribution in [-0.2, 0) is 6.54 Å². The van der Waals surface area contributed by atoms with Gasteiger partial charge in [0.25, 0.3) is 0 Å². The lowest BCUT2D eigenvalue weighted by Gasteiger charge is -2.15. The zero-order valence-corrected chi connectivity index (χ0v) is 11.2. The molecule has 0 spiro atoms. The topological polar surface area (TPSA) is 48.7 Å². The lowest BCUT2D eigenvalue weighted by Crippen LogP contribution is -2.18. The van der Waals surface area contributed by atoms with Crippen LogP contribution in [0.2, 0.25) is 0 Å². The van der Waals surface area contributed by atoms with E-state index >= 15 is 0 Å². The summed E-state index contributed by atoms with van der Waals surface area (Å²) in [6.07, 6.45) is 1.80. The van der Waals surface area contributed by atoms with Crippen LogP contribution in [0.25, 0.3) is 0 Å². The predicted molar refractivity (Wildman–Crippen MR) is 75.4 cm³/mol. The van der Waals surface area contributed by atoms with Crippen LogP contribution in [0.3, 0.4) is 0 Å². The van der Waals surface area contributed by atoms with Gasteiger partial charge in [-0.2, -0.15) is 5.26 Å². The first-order valence-electron chi connectivity index (χ1n) is 6.34. The molecule has 1 N–H and O–H groups in total. The maximum absolute atomic E-state index is 8.91. The Kier molecular flexibility index (Phi) is 4.27. The van der Waals surface area contributed by atoms with Crippen molar-refractivity contribution in [1.29, 1.82) is 5.26 Å². The average Bonchev–Trinajstić information content (AvgIpc) is 2.46. The highest BCUT2D eigenvalue weighted by Gasteiger charge is 2.06. The van der Waals surface area contributed by atoms with Crippen molar-refractivity contribution in [2.75, 3.05) is 0 Å². The zero-order chi connectivity index (χ0) is 13.7. The van der Waals surface area contributed by atoms with Gasteiger partial charge >= 0.3 is 0 Å². The fourth-order valence-corrected chi connectivity index (χ4v) is 1.96. The number of nitrogens with zero attached hydrogens (tertiary/aromatic N) is 2. The summed E-state index contributed by atoms with van der Waals surface area (Å²) in [5.74, 6) is 0. The number of aromatic nitrogens is 1. The quantitative estimate of drug-likeness (QED) is 0.908. The molecule has 1 aromatic heterocycles. The van der Waals surface area contributed by atoms with Crippen LogP contribution >= 0.6 is 0 Å². The van der Waals surface area contributed by atoms with Gasteiger partial charge in [0.15, 0.2) is 0 Å². The third kappa shape index (κ3) is 3.40. The second kappa shape index (κ2) is 6.12. The first-order valence-corrected chi connectivity index (χ1v) is 6.34. The first kappa shape index (κ1) is 13.3. The molecule has 1 heterocycles. The summed E-state index contributed by atoms with van der Waals surface area (Å²) in [6, 6.07) is 14.1. The molecule has 19 heavy (non-hydrogen) atoms. The van der Waals surface area contributed by atoms with E-state index in [1.54, 1.807) is 6.20 Å². The highest BCUT2D eigenvalue weighted by molar-refractivity contribution is 5.34. The van der Waals surface area contributed by atoms with Gasteiger partial charge in [-0.25, -0.2) is 0 Å². The molecule has 0 saturated heterocycles. The molecule has 0 bridgehead atoms. The number of aryl methyl sites for hydroxylation is 1. The summed E-state index contributed by atoms with van der Waals surface area (Å²) in [6.45, 7) is 4.89. The fourth-order valence-electron chi connectivity index (χ4n) is 1.96. The molecule has 2 aromatic rings. The van der Waals surface area contributed by atoms with Gasteiger partial charge in [0.2, 0.25) is 0 Å². The number of nitrogens with one attached hydrogen (secondary N) is 1. The molecule has 0 saturated carbocycles. The standard InChI is InChI=1S/C16H17N3/c1-12(15-6-3-5-14(9-15)10-17)19-11-16-7-4-8-18-13(16)2/h3-9,12,19H,11H2,1-2H3. The molecular formula is C16H17N3. The molecule has 0 fully saturated rings. The van der Waals surface area contributed by atoms with Crippen LogP contribution in [0.4, 0.5) is 0 Å². The van der Waals surface area contributed by atoms with Crippen LogP contribution in [0.1, 0.15) is 35.3 Å². The van der Waals surface area contributed by atoms with Crippen molar-refractivity contribution in [3.8, 4) is 6.07 Å². The van der Waals surface area contributed by atoms with Crippen molar-refractivity contribution in [1.82, 2.24) is 10.3 Å². The maximum atomic E-state index is 8.91. The summed E-state index contributed by atoms with van der Waals surface area (Å²) in [5.41, 5.74) is 4.07. The normalized spacial score (nSPS) is 11.8. The molecule has 3 nitrogen and oxygen atoms in total. The summed E-state index contributed by atoms with van der Waals surface area (Å²) >= 11 is 0. The van der Waals surface area contributed by atoms with E-state index in [0.29, 0.717) is 5.56 Å². The number of pyridine rings is 1. The summed E-state index contributed by atoms with van der Waals surface area (Å²) in [4.78, 5) is 4.27. The van der Waals surface area contributed by atoms with E-state index in [9.17, 15) is 0 Å². The zero-order valence-electron chi connectivity index (χ0n) is 11.2. The van der Waals surface area contributed by atoms with Crippen molar-refractivity contribution in [3.63, 3.8) is 0 Å². The number of nitriles is 1. The van der Waals surface area contributed by atoms with E-state index in [1.807, 2.05) is 37.3 Å². The van der Waals surface area contributed by atoms with Crippen molar-refractivity contribution in [2.45, 2.75) is 26.4 Å². The van der Waals surface area contributed by atoms with E-state index in [4.69, 9.17) is 5.26 Å². The van der Waals surface area contributed by atoms with Gasteiger partial charge in [-0.3, -0.25) is 4.98 Å². The van der Waals surface area contributed by atoms with Gasteiger partial charge in [0, 0.05) is 24.5 Å². The average molecular weight is 251 g/mol. The molecule has 0 aliphatic rings. The Balaban J connectivity index is 2.03.